The zero-order chi connectivity index (χ0) is 31.9. The molecule has 1 unspecified atom stereocenters. The first-order chi connectivity index (χ1) is 22.2. The molecule has 3 aromatic rings. The van der Waals surface area contributed by atoms with Gasteiger partial charge in [0.25, 0.3) is 11.8 Å². The van der Waals surface area contributed by atoms with E-state index in [4.69, 9.17) is 14.1 Å². The van der Waals surface area contributed by atoms with Crippen molar-refractivity contribution in [1.29, 1.82) is 0 Å². The molecular weight excluding hydrogens is 577 g/mol. The van der Waals surface area contributed by atoms with E-state index in [0.717, 1.165) is 24.0 Å². The second kappa shape index (κ2) is 12.0. The van der Waals surface area contributed by atoms with Gasteiger partial charge in [-0.25, -0.2) is 0 Å². The highest BCUT2D eigenvalue weighted by atomic mass is 16.7. The predicted molar refractivity (Wildman–Crippen MR) is 177 cm³/mol. The Morgan fingerprint density at radius 1 is 0.913 bits per heavy atom. The Morgan fingerprint density at radius 3 is 2.24 bits per heavy atom. The molecule has 3 aliphatic carbocycles. The molecule has 2 heterocycles. The van der Waals surface area contributed by atoms with Crippen molar-refractivity contribution in [2.75, 3.05) is 6.54 Å². The highest BCUT2D eigenvalue weighted by Crippen LogP contribution is 2.65. The van der Waals surface area contributed by atoms with Crippen molar-refractivity contribution in [2.45, 2.75) is 76.1 Å². The van der Waals surface area contributed by atoms with Crippen molar-refractivity contribution in [3.8, 4) is 0 Å². The first kappa shape index (κ1) is 30.7. The molecule has 3 aromatic carbocycles. The summed E-state index contributed by atoms with van der Waals surface area (Å²) in [5, 5.41) is 10.6. The molecule has 0 spiro atoms. The van der Waals surface area contributed by atoms with Crippen LogP contribution in [-0.2, 0) is 31.8 Å². The zero-order valence-corrected chi connectivity index (χ0v) is 26.8. The Balaban J connectivity index is 1.11. The number of nitrogens with zero attached hydrogens (tertiary/aromatic N) is 1. The summed E-state index contributed by atoms with van der Waals surface area (Å²) in [7, 11) is -0.602. The number of hydrogen-bond acceptors (Lipinski definition) is 6. The molecule has 9 heteroatoms. The van der Waals surface area contributed by atoms with E-state index in [-0.39, 0.29) is 36.3 Å². The molecule has 8 rings (SSSR count). The summed E-state index contributed by atoms with van der Waals surface area (Å²) in [4.78, 5) is 33.3. The average molecular weight is 620 g/mol. The predicted octanol–water partition coefficient (Wildman–Crippen LogP) is 5.17. The molecule has 5 aliphatic rings. The second-order valence-corrected chi connectivity index (χ2v) is 14.2. The maximum absolute atomic E-state index is 14.5. The molecule has 4 fully saturated rings. The molecular formula is C37H42BN3O5. The Hall–Kier alpha value is -3.95. The third-order valence-electron chi connectivity index (χ3n) is 11.0. The van der Waals surface area contributed by atoms with Gasteiger partial charge in [-0.3, -0.25) is 9.59 Å². The van der Waals surface area contributed by atoms with E-state index in [1.807, 2.05) is 66.7 Å². The van der Waals surface area contributed by atoms with Gasteiger partial charge in [0.1, 0.15) is 0 Å². The van der Waals surface area contributed by atoms with Gasteiger partial charge in [0.2, 0.25) is 5.60 Å². The summed E-state index contributed by atoms with van der Waals surface area (Å²) in [5.74, 6) is 0.103. The van der Waals surface area contributed by atoms with Crippen LogP contribution in [0.25, 0.3) is 0 Å². The third-order valence-corrected chi connectivity index (χ3v) is 11.0. The first-order valence-corrected chi connectivity index (χ1v) is 16.5. The number of carbonyl (C=O) groups excluding carboxylic acids is 2. The number of carbonyl (C=O) groups is 2. The molecule has 2 aliphatic heterocycles. The van der Waals surface area contributed by atoms with Crippen LogP contribution >= 0.6 is 0 Å². The molecule has 238 valence electrons. The van der Waals surface area contributed by atoms with E-state index < -0.39 is 24.3 Å². The average Bonchev–Trinajstić information content (AvgIpc) is 3.65. The zero-order valence-electron chi connectivity index (χ0n) is 26.8. The standard InChI is InChI=1S/C37H42BN3O5/c1-35(2)28-20-30(35)36(3)31(21-28)44-38(45-36)32(19-25-13-7-4-8-14-25)40-34(43)37(22-26-15-9-5-10-16-26)23-29(41-46-37)24-39-33(42)27-17-11-6-12-18-27/h4-18,28,30-32H,19-24H2,1-3H3,(H,39,42)(H,40,43)/t28-,30-,31+,32-,36-,37?/m0/s1. The third kappa shape index (κ3) is 5.64. The summed E-state index contributed by atoms with van der Waals surface area (Å²) < 4.78 is 13.5. The van der Waals surface area contributed by atoms with Crippen molar-refractivity contribution in [3.63, 3.8) is 0 Å². The molecule has 2 N–H and O–H groups in total. The molecule has 6 atom stereocenters. The number of oxime groups is 1. The number of amides is 2. The minimum atomic E-state index is -1.29. The highest BCUT2D eigenvalue weighted by Gasteiger charge is 2.68. The van der Waals surface area contributed by atoms with Crippen LogP contribution < -0.4 is 10.6 Å². The van der Waals surface area contributed by atoms with Gasteiger partial charge in [-0.05, 0) is 66.7 Å². The van der Waals surface area contributed by atoms with Crippen LogP contribution in [0.15, 0.2) is 96.2 Å². The summed E-state index contributed by atoms with van der Waals surface area (Å²) >= 11 is 0. The second-order valence-electron chi connectivity index (χ2n) is 14.2. The van der Waals surface area contributed by atoms with Crippen LogP contribution in [0.3, 0.4) is 0 Å². The van der Waals surface area contributed by atoms with E-state index in [1.54, 1.807) is 12.1 Å². The van der Waals surface area contributed by atoms with Crippen LogP contribution in [-0.4, -0.2) is 54.4 Å². The lowest BCUT2D eigenvalue weighted by atomic mass is 9.43. The fourth-order valence-corrected chi connectivity index (χ4v) is 8.19. The monoisotopic (exact) mass is 619 g/mol. The Labute approximate surface area is 271 Å². The quantitative estimate of drug-likeness (QED) is 0.306. The maximum atomic E-state index is 14.5. The minimum Gasteiger partial charge on any atom is -0.404 e. The fourth-order valence-electron chi connectivity index (χ4n) is 8.19. The van der Waals surface area contributed by atoms with Crippen LogP contribution in [0, 0.1) is 17.3 Å². The fraction of sp³-hybridized carbons (Fsp3) is 0.432. The summed E-state index contributed by atoms with van der Waals surface area (Å²) in [6.07, 6.45) is 3.22. The molecule has 8 nitrogen and oxygen atoms in total. The van der Waals surface area contributed by atoms with E-state index in [1.165, 1.54) is 0 Å². The lowest BCUT2D eigenvalue weighted by Crippen LogP contribution is -2.65. The van der Waals surface area contributed by atoms with E-state index in [2.05, 4.69) is 48.7 Å². The lowest BCUT2D eigenvalue weighted by Gasteiger charge is -2.64. The largest absolute Gasteiger partial charge is 0.482 e. The van der Waals surface area contributed by atoms with Crippen molar-refractivity contribution in [2.24, 2.45) is 22.4 Å². The highest BCUT2D eigenvalue weighted by molar-refractivity contribution is 6.48. The Morgan fingerprint density at radius 2 is 1.57 bits per heavy atom. The Kier molecular flexibility index (Phi) is 8.01. The Bertz CT molecular complexity index is 1600. The van der Waals surface area contributed by atoms with Crippen molar-refractivity contribution in [3.05, 3.63) is 108 Å². The van der Waals surface area contributed by atoms with Gasteiger partial charge in [0.15, 0.2) is 0 Å². The SMILES string of the molecule is CC1(C)[C@@H]2C[C@H]3OB([C@H](Cc4ccccc4)NC(=O)C4(Cc5ccccc5)CC(CNC(=O)c5ccccc5)=NO4)O[C@@]3(C)[C@H]1C2. The van der Waals surface area contributed by atoms with Crippen molar-refractivity contribution >= 4 is 24.6 Å². The van der Waals surface area contributed by atoms with Gasteiger partial charge in [-0.2, -0.15) is 0 Å². The summed E-state index contributed by atoms with van der Waals surface area (Å²) in [6, 6.07) is 29.0. The van der Waals surface area contributed by atoms with Gasteiger partial charge < -0.3 is 24.8 Å². The van der Waals surface area contributed by atoms with Gasteiger partial charge in [0.05, 0.1) is 29.9 Å². The maximum Gasteiger partial charge on any atom is 0.482 e. The molecule has 3 saturated carbocycles. The number of benzene rings is 3. The molecule has 2 amide bonds. The smallest absolute Gasteiger partial charge is 0.404 e. The van der Waals surface area contributed by atoms with Gasteiger partial charge in [-0.1, -0.05) is 97.9 Å². The molecule has 1 saturated heterocycles. The minimum absolute atomic E-state index is 0.00591. The normalized spacial score (nSPS) is 29.5. The number of nitrogens with one attached hydrogen (secondary N) is 2. The van der Waals surface area contributed by atoms with Crippen LogP contribution in [0.1, 0.15) is 61.5 Å². The number of rotatable bonds is 10. The molecule has 46 heavy (non-hydrogen) atoms. The van der Waals surface area contributed by atoms with E-state index >= 15 is 0 Å². The number of hydrogen-bond donors (Lipinski definition) is 2. The van der Waals surface area contributed by atoms with Crippen LogP contribution in [0.4, 0.5) is 0 Å². The first-order valence-electron chi connectivity index (χ1n) is 16.5. The van der Waals surface area contributed by atoms with Crippen LogP contribution in [0.5, 0.6) is 0 Å². The van der Waals surface area contributed by atoms with Crippen molar-refractivity contribution < 1.29 is 23.7 Å². The van der Waals surface area contributed by atoms with Gasteiger partial charge in [0, 0.05) is 18.4 Å². The molecule has 0 aromatic heterocycles. The summed E-state index contributed by atoms with van der Waals surface area (Å²) in [5.41, 5.74) is 1.71. The van der Waals surface area contributed by atoms with Crippen molar-refractivity contribution in [1.82, 2.24) is 10.6 Å². The topological polar surface area (TPSA) is 98.3 Å². The summed E-state index contributed by atoms with van der Waals surface area (Å²) in [6.45, 7) is 7.07. The van der Waals surface area contributed by atoms with Gasteiger partial charge in [-0.15, -0.1) is 0 Å². The van der Waals surface area contributed by atoms with Gasteiger partial charge >= 0.3 is 7.12 Å². The van der Waals surface area contributed by atoms with Crippen LogP contribution in [0.2, 0.25) is 0 Å². The van der Waals surface area contributed by atoms with E-state index in [9.17, 15) is 9.59 Å². The molecule has 2 bridgehead atoms. The molecule has 0 radical (unpaired) electrons. The lowest BCUT2D eigenvalue weighted by molar-refractivity contribution is -0.199. The van der Waals surface area contributed by atoms with E-state index in [0.29, 0.717) is 36.0 Å².